The monoisotopic (exact) mass is 380 g/mol. The summed E-state index contributed by atoms with van der Waals surface area (Å²) in [5.74, 6) is 0.0592. The van der Waals surface area contributed by atoms with Crippen LogP contribution in [0.2, 0.25) is 0 Å². The Hall–Kier alpha value is -2.93. The van der Waals surface area contributed by atoms with Crippen molar-refractivity contribution >= 4 is 23.7 Å². The Bertz CT molecular complexity index is 1150. The lowest BCUT2D eigenvalue weighted by molar-refractivity contribution is 0.447. The van der Waals surface area contributed by atoms with Crippen LogP contribution in [0, 0.1) is 0 Å². The third-order valence-electron chi connectivity index (χ3n) is 4.85. The van der Waals surface area contributed by atoms with E-state index in [0.717, 1.165) is 34.3 Å². The zero-order chi connectivity index (χ0) is 19.1. The fourth-order valence-electron chi connectivity index (χ4n) is 3.43. The molecule has 27 heavy (non-hydrogen) atoms. The first-order valence-electron chi connectivity index (χ1n) is 8.81. The highest BCUT2D eigenvalue weighted by atomic mass is 32.1. The molecule has 7 heteroatoms. The van der Waals surface area contributed by atoms with Crippen molar-refractivity contribution in [1.82, 2.24) is 19.7 Å². The number of aromatic amines is 1. The predicted molar refractivity (Wildman–Crippen MR) is 108 cm³/mol. The first-order chi connectivity index (χ1) is 13.0. The highest BCUT2D eigenvalue weighted by molar-refractivity contribution is 7.80. The molecular formula is C20H20N4O2S. The molecule has 0 atom stereocenters. The summed E-state index contributed by atoms with van der Waals surface area (Å²) in [4.78, 5) is 4.58. The van der Waals surface area contributed by atoms with E-state index in [2.05, 4.69) is 39.3 Å². The average molecular weight is 380 g/mol. The lowest BCUT2D eigenvalue weighted by atomic mass is 9.97. The van der Waals surface area contributed by atoms with E-state index in [9.17, 15) is 10.2 Å². The van der Waals surface area contributed by atoms with Crippen LogP contribution in [-0.2, 0) is 13.0 Å². The molecule has 0 saturated heterocycles. The molecule has 2 aromatic heterocycles. The molecule has 0 spiro atoms. The van der Waals surface area contributed by atoms with E-state index in [0.29, 0.717) is 22.7 Å². The Balaban J connectivity index is 1.99. The Labute approximate surface area is 161 Å². The summed E-state index contributed by atoms with van der Waals surface area (Å²) < 4.78 is 2.07. The van der Waals surface area contributed by atoms with E-state index in [1.54, 1.807) is 6.07 Å². The molecule has 3 N–H and O–H groups in total. The molecule has 4 aromatic rings. The van der Waals surface area contributed by atoms with Gasteiger partial charge >= 0.3 is 0 Å². The summed E-state index contributed by atoms with van der Waals surface area (Å²) in [5.41, 5.74) is 5.50. The van der Waals surface area contributed by atoms with Gasteiger partial charge in [0.1, 0.15) is 16.5 Å². The van der Waals surface area contributed by atoms with Gasteiger partial charge in [0.05, 0.1) is 23.1 Å². The minimum Gasteiger partial charge on any atom is -0.508 e. The number of H-pyrrole nitrogens is 1. The number of aromatic nitrogens is 4. The SMILES string of the molecule is CCc1cc(-c2[nH]nc(S)c2-c2cccc3c2ncn3CC)c(O)cc1O. The number of nitrogens with zero attached hydrogens (tertiary/aromatic N) is 3. The predicted octanol–water partition coefficient (Wildman–Crippen LogP) is 4.38. The largest absolute Gasteiger partial charge is 0.508 e. The number of hydrogen-bond donors (Lipinski definition) is 4. The van der Waals surface area contributed by atoms with Gasteiger partial charge in [-0.2, -0.15) is 5.10 Å². The summed E-state index contributed by atoms with van der Waals surface area (Å²) in [6.07, 6.45) is 2.46. The Morgan fingerprint density at radius 2 is 1.93 bits per heavy atom. The number of nitrogens with one attached hydrogen (secondary N) is 1. The first-order valence-corrected chi connectivity index (χ1v) is 9.26. The number of hydrogen-bond acceptors (Lipinski definition) is 5. The fourth-order valence-corrected chi connectivity index (χ4v) is 3.71. The highest BCUT2D eigenvalue weighted by Crippen LogP contribution is 2.42. The maximum atomic E-state index is 10.4. The van der Waals surface area contributed by atoms with Crippen LogP contribution in [0.5, 0.6) is 11.5 Å². The average Bonchev–Trinajstić information content (AvgIpc) is 3.25. The fraction of sp³-hybridized carbons (Fsp3) is 0.200. The molecule has 2 heterocycles. The molecular weight excluding hydrogens is 360 g/mol. The van der Waals surface area contributed by atoms with E-state index in [1.807, 2.05) is 31.5 Å². The number of rotatable bonds is 4. The van der Waals surface area contributed by atoms with Crippen LogP contribution in [0.1, 0.15) is 19.4 Å². The Morgan fingerprint density at radius 3 is 2.67 bits per heavy atom. The van der Waals surface area contributed by atoms with Crippen LogP contribution in [0.25, 0.3) is 33.4 Å². The maximum absolute atomic E-state index is 10.4. The van der Waals surface area contributed by atoms with Gasteiger partial charge in [-0.3, -0.25) is 5.10 Å². The number of aromatic hydroxyl groups is 2. The second-order valence-corrected chi connectivity index (χ2v) is 6.78. The number of imidazole rings is 1. The molecule has 0 bridgehead atoms. The number of fused-ring (bicyclic) bond motifs is 1. The zero-order valence-electron chi connectivity index (χ0n) is 15.1. The molecule has 2 aromatic carbocycles. The third kappa shape index (κ3) is 2.75. The van der Waals surface area contributed by atoms with E-state index < -0.39 is 0 Å². The van der Waals surface area contributed by atoms with Crippen molar-refractivity contribution in [3.8, 4) is 33.9 Å². The minimum absolute atomic E-state index is 0.0193. The van der Waals surface area contributed by atoms with Gasteiger partial charge in [0, 0.05) is 29.3 Å². The molecule has 0 saturated carbocycles. The van der Waals surface area contributed by atoms with Crippen molar-refractivity contribution in [3.05, 3.63) is 42.2 Å². The van der Waals surface area contributed by atoms with Gasteiger partial charge in [0.25, 0.3) is 0 Å². The van der Waals surface area contributed by atoms with Crippen LogP contribution in [0.15, 0.2) is 41.7 Å². The number of benzene rings is 2. The van der Waals surface area contributed by atoms with Crippen LogP contribution >= 0.6 is 12.6 Å². The van der Waals surface area contributed by atoms with Gasteiger partial charge in [-0.25, -0.2) is 4.98 Å². The van der Waals surface area contributed by atoms with E-state index >= 15 is 0 Å². The molecule has 0 fully saturated rings. The van der Waals surface area contributed by atoms with Crippen LogP contribution < -0.4 is 0 Å². The summed E-state index contributed by atoms with van der Waals surface area (Å²) in [7, 11) is 0. The van der Waals surface area contributed by atoms with Crippen molar-refractivity contribution in [2.45, 2.75) is 31.8 Å². The van der Waals surface area contributed by atoms with Crippen LogP contribution in [0.4, 0.5) is 0 Å². The van der Waals surface area contributed by atoms with Crippen molar-refractivity contribution in [3.63, 3.8) is 0 Å². The number of para-hydroxylation sites is 1. The van der Waals surface area contributed by atoms with Gasteiger partial charge < -0.3 is 14.8 Å². The lowest BCUT2D eigenvalue weighted by Crippen LogP contribution is -1.91. The van der Waals surface area contributed by atoms with Crippen molar-refractivity contribution in [2.75, 3.05) is 0 Å². The maximum Gasteiger partial charge on any atom is 0.128 e. The van der Waals surface area contributed by atoms with Gasteiger partial charge in [-0.15, -0.1) is 12.6 Å². The molecule has 0 aliphatic carbocycles. The summed E-state index contributed by atoms with van der Waals surface area (Å²) in [6.45, 7) is 4.85. The first kappa shape index (κ1) is 17.5. The number of aryl methyl sites for hydroxylation is 2. The number of phenols is 2. The summed E-state index contributed by atoms with van der Waals surface area (Å²) in [6, 6.07) is 9.12. The van der Waals surface area contributed by atoms with E-state index in [4.69, 9.17) is 0 Å². The summed E-state index contributed by atoms with van der Waals surface area (Å²) >= 11 is 4.53. The minimum atomic E-state index is -0.0193. The molecule has 6 nitrogen and oxygen atoms in total. The summed E-state index contributed by atoms with van der Waals surface area (Å²) in [5, 5.41) is 28.2. The molecule has 0 aliphatic heterocycles. The lowest BCUT2D eigenvalue weighted by Gasteiger charge is -2.11. The van der Waals surface area contributed by atoms with E-state index in [1.165, 1.54) is 6.07 Å². The third-order valence-corrected chi connectivity index (χ3v) is 5.18. The van der Waals surface area contributed by atoms with Gasteiger partial charge in [0.2, 0.25) is 0 Å². The Kier molecular flexibility index (Phi) is 4.31. The van der Waals surface area contributed by atoms with Crippen LogP contribution in [-0.4, -0.2) is 30.0 Å². The molecule has 138 valence electrons. The van der Waals surface area contributed by atoms with Gasteiger partial charge in [0.15, 0.2) is 0 Å². The van der Waals surface area contributed by atoms with Gasteiger partial charge in [-0.1, -0.05) is 19.1 Å². The standard InChI is InChI=1S/C20H20N4O2S/c1-3-11-8-13(16(26)9-15(11)25)19-17(20(27)23-22-19)12-6-5-7-14-18(12)21-10-24(14)4-2/h5-10,25-26H,3-4H2,1-2H3,(H2,22,23,27). The van der Waals surface area contributed by atoms with E-state index in [-0.39, 0.29) is 11.5 Å². The van der Waals surface area contributed by atoms with Crippen molar-refractivity contribution < 1.29 is 10.2 Å². The second kappa shape index (κ2) is 6.66. The normalized spacial score (nSPS) is 11.4. The molecule has 4 rings (SSSR count). The van der Waals surface area contributed by atoms with Crippen molar-refractivity contribution in [2.24, 2.45) is 0 Å². The van der Waals surface area contributed by atoms with Gasteiger partial charge in [-0.05, 0) is 31.0 Å². The van der Waals surface area contributed by atoms with Crippen molar-refractivity contribution in [1.29, 1.82) is 0 Å². The Morgan fingerprint density at radius 1 is 1.11 bits per heavy atom. The quantitative estimate of drug-likeness (QED) is 0.396. The second-order valence-electron chi connectivity index (χ2n) is 6.35. The van der Waals surface area contributed by atoms with Crippen LogP contribution in [0.3, 0.4) is 0 Å². The zero-order valence-corrected chi connectivity index (χ0v) is 16.0. The number of thiol groups is 1. The molecule has 0 unspecified atom stereocenters. The topological polar surface area (TPSA) is 87.0 Å². The highest BCUT2D eigenvalue weighted by Gasteiger charge is 2.21. The molecule has 0 amide bonds. The molecule has 0 radical (unpaired) electrons. The molecule has 0 aliphatic rings. The number of phenolic OH excluding ortho intramolecular Hbond substituents is 2. The smallest absolute Gasteiger partial charge is 0.128 e.